The number of benzene rings is 2. The van der Waals surface area contributed by atoms with Gasteiger partial charge in [0.15, 0.2) is 0 Å². The molecule has 0 aromatic heterocycles. The van der Waals surface area contributed by atoms with Crippen molar-refractivity contribution in [3.05, 3.63) is 59.7 Å². The first kappa shape index (κ1) is 15.2. The number of halogens is 3. The van der Waals surface area contributed by atoms with Crippen LogP contribution in [0.15, 0.2) is 48.5 Å². The van der Waals surface area contributed by atoms with Crippen LogP contribution in [0.25, 0.3) is 0 Å². The summed E-state index contributed by atoms with van der Waals surface area (Å²) in [5.74, 6) is 0. The molecule has 2 N–H and O–H groups in total. The molecule has 0 atom stereocenters. The molecule has 0 amide bonds. The van der Waals surface area contributed by atoms with Crippen LogP contribution in [0.3, 0.4) is 0 Å². The van der Waals surface area contributed by atoms with E-state index in [2.05, 4.69) is 4.90 Å². The van der Waals surface area contributed by atoms with Gasteiger partial charge in [-0.3, -0.25) is 0 Å². The molecule has 0 aliphatic carbocycles. The molecular formula is C16H17F3N2. The van der Waals surface area contributed by atoms with Crippen LogP contribution in [-0.4, -0.2) is 6.54 Å². The second kappa shape index (κ2) is 6.08. The van der Waals surface area contributed by atoms with Crippen LogP contribution in [-0.2, 0) is 12.7 Å². The first-order valence-corrected chi connectivity index (χ1v) is 6.67. The molecule has 2 aromatic carbocycles. The van der Waals surface area contributed by atoms with E-state index in [-0.39, 0.29) is 0 Å². The van der Waals surface area contributed by atoms with Crippen LogP contribution in [0.4, 0.5) is 24.5 Å². The highest BCUT2D eigenvalue weighted by atomic mass is 19.4. The van der Waals surface area contributed by atoms with Gasteiger partial charge in [0.25, 0.3) is 0 Å². The van der Waals surface area contributed by atoms with Crippen molar-refractivity contribution in [3.63, 3.8) is 0 Å². The number of nitrogens with zero attached hydrogens (tertiary/aromatic N) is 1. The van der Waals surface area contributed by atoms with Gasteiger partial charge in [-0.1, -0.05) is 12.1 Å². The second-order valence-electron chi connectivity index (χ2n) is 4.80. The zero-order valence-corrected chi connectivity index (χ0v) is 11.7. The summed E-state index contributed by atoms with van der Waals surface area (Å²) in [5, 5.41) is 0. The van der Waals surface area contributed by atoms with Crippen LogP contribution < -0.4 is 10.6 Å². The number of nitrogens with two attached hydrogens (primary N) is 1. The topological polar surface area (TPSA) is 29.3 Å². The first-order chi connectivity index (χ1) is 9.90. The minimum atomic E-state index is -4.29. The van der Waals surface area contributed by atoms with Crippen LogP contribution in [0, 0.1) is 0 Å². The largest absolute Gasteiger partial charge is 0.416 e. The number of hydrogen-bond acceptors (Lipinski definition) is 2. The lowest BCUT2D eigenvalue weighted by Gasteiger charge is -2.23. The third-order valence-corrected chi connectivity index (χ3v) is 3.29. The van der Waals surface area contributed by atoms with Gasteiger partial charge >= 0.3 is 6.18 Å². The van der Waals surface area contributed by atoms with Crippen molar-refractivity contribution in [2.75, 3.05) is 17.2 Å². The Kier molecular flexibility index (Phi) is 4.40. The van der Waals surface area contributed by atoms with E-state index in [0.29, 0.717) is 12.2 Å². The Balaban J connectivity index is 2.13. The van der Waals surface area contributed by atoms with E-state index in [4.69, 9.17) is 5.73 Å². The van der Waals surface area contributed by atoms with Crippen LogP contribution >= 0.6 is 0 Å². The monoisotopic (exact) mass is 294 g/mol. The van der Waals surface area contributed by atoms with Crippen molar-refractivity contribution >= 4 is 11.4 Å². The average Bonchev–Trinajstić information content (AvgIpc) is 2.45. The Morgan fingerprint density at radius 1 is 0.952 bits per heavy atom. The van der Waals surface area contributed by atoms with E-state index in [0.717, 1.165) is 29.9 Å². The minimum Gasteiger partial charge on any atom is -0.399 e. The Morgan fingerprint density at radius 2 is 1.52 bits per heavy atom. The smallest absolute Gasteiger partial charge is 0.399 e. The molecule has 0 aliphatic heterocycles. The molecule has 0 saturated heterocycles. The summed E-state index contributed by atoms with van der Waals surface area (Å²) in [6.07, 6.45) is -4.29. The quantitative estimate of drug-likeness (QED) is 0.851. The maximum absolute atomic E-state index is 12.5. The molecule has 0 radical (unpaired) electrons. The number of nitrogen functional groups attached to an aromatic ring is 1. The zero-order chi connectivity index (χ0) is 15.5. The highest BCUT2D eigenvalue weighted by Gasteiger charge is 2.29. The van der Waals surface area contributed by atoms with Gasteiger partial charge in [-0.2, -0.15) is 13.2 Å². The summed E-state index contributed by atoms with van der Waals surface area (Å²) >= 11 is 0. The van der Waals surface area contributed by atoms with Gasteiger partial charge in [0.05, 0.1) is 5.56 Å². The molecule has 0 bridgehead atoms. The van der Waals surface area contributed by atoms with Gasteiger partial charge in [-0.05, 0) is 48.9 Å². The van der Waals surface area contributed by atoms with Crippen molar-refractivity contribution in [2.24, 2.45) is 0 Å². The SMILES string of the molecule is CCN(Cc1ccc(C(F)(F)F)cc1)c1ccc(N)cc1. The van der Waals surface area contributed by atoms with Crippen molar-refractivity contribution in [1.82, 2.24) is 0 Å². The Bertz CT molecular complexity index is 574. The van der Waals surface area contributed by atoms with E-state index in [9.17, 15) is 13.2 Å². The number of rotatable bonds is 4. The normalized spacial score (nSPS) is 11.4. The summed E-state index contributed by atoms with van der Waals surface area (Å²) in [5.41, 5.74) is 7.54. The van der Waals surface area contributed by atoms with Crippen molar-refractivity contribution in [1.29, 1.82) is 0 Å². The van der Waals surface area contributed by atoms with E-state index in [1.54, 1.807) is 0 Å². The van der Waals surface area contributed by atoms with Gasteiger partial charge in [-0.25, -0.2) is 0 Å². The fraction of sp³-hybridized carbons (Fsp3) is 0.250. The predicted molar refractivity (Wildman–Crippen MR) is 79.0 cm³/mol. The average molecular weight is 294 g/mol. The maximum Gasteiger partial charge on any atom is 0.416 e. The van der Waals surface area contributed by atoms with Gasteiger partial charge in [0, 0.05) is 24.5 Å². The molecule has 21 heavy (non-hydrogen) atoms. The van der Waals surface area contributed by atoms with Crippen molar-refractivity contribution in [2.45, 2.75) is 19.6 Å². The van der Waals surface area contributed by atoms with Gasteiger partial charge in [0.2, 0.25) is 0 Å². The maximum atomic E-state index is 12.5. The van der Waals surface area contributed by atoms with Crippen LogP contribution in [0.5, 0.6) is 0 Å². The van der Waals surface area contributed by atoms with E-state index in [1.807, 2.05) is 31.2 Å². The summed E-state index contributed by atoms with van der Waals surface area (Å²) in [7, 11) is 0. The molecule has 0 spiro atoms. The lowest BCUT2D eigenvalue weighted by molar-refractivity contribution is -0.137. The van der Waals surface area contributed by atoms with Crippen LogP contribution in [0.1, 0.15) is 18.1 Å². The highest BCUT2D eigenvalue weighted by molar-refractivity contribution is 5.53. The lowest BCUT2D eigenvalue weighted by atomic mass is 10.1. The molecule has 5 heteroatoms. The van der Waals surface area contributed by atoms with Gasteiger partial charge < -0.3 is 10.6 Å². The first-order valence-electron chi connectivity index (χ1n) is 6.67. The molecule has 0 aliphatic rings. The lowest BCUT2D eigenvalue weighted by Crippen LogP contribution is -2.22. The third-order valence-electron chi connectivity index (χ3n) is 3.29. The standard InChI is InChI=1S/C16H17F3N2/c1-2-21(15-9-7-14(20)8-10-15)11-12-3-5-13(6-4-12)16(17,18)19/h3-10H,2,11,20H2,1H3. The van der Waals surface area contributed by atoms with Crippen molar-refractivity contribution < 1.29 is 13.2 Å². The number of alkyl halides is 3. The second-order valence-corrected chi connectivity index (χ2v) is 4.80. The van der Waals surface area contributed by atoms with Crippen LogP contribution in [0.2, 0.25) is 0 Å². The molecule has 0 saturated carbocycles. The number of hydrogen-bond donors (Lipinski definition) is 1. The predicted octanol–water partition coefficient (Wildman–Crippen LogP) is 4.31. The fourth-order valence-corrected chi connectivity index (χ4v) is 2.09. The third kappa shape index (κ3) is 3.90. The van der Waals surface area contributed by atoms with E-state index < -0.39 is 11.7 Å². The highest BCUT2D eigenvalue weighted by Crippen LogP contribution is 2.29. The minimum absolute atomic E-state index is 0.554. The zero-order valence-electron chi connectivity index (χ0n) is 11.7. The molecule has 112 valence electrons. The Labute approximate surface area is 122 Å². The molecule has 2 aromatic rings. The summed E-state index contributed by atoms with van der Waals surface area (Å²) < 4.78 is 37.6. The fourth-order valence-electron chi connectivity index (χ4n) is 2.09. The summed E-state index contributed by atoms with van der Waals surface area (Å²) in [4.78, 5) is 2.07. The molecule has 2 nitrogen and oxygen atoms in total. The Morgan fingerprint density at radius 3 is 2.00 bits per heavy atom. The van der Waals surface area contributed by atoms with E-state index >= 15 is 0 Å². The number of anilines is 2. The summed E-state index contributed by atoms with van der Waals surface area (Å²) in [6, 6.07) is 12.7. The summed E-state index contributed by atoms with van der Waals surface area (Å²) in [6.45, 7) is 3.31. The van der Waals surface area contributed by atoms with Gasteiger partial charge in [-0.15, -0.1) is 0 Å². The molecule has 0 heterocycles. The van der Waals surface area contributed by atoms with Gasteiger partial charge in [0.1, 0.15) is 0 Å². The molecule has 2 rings (SSSR count). The Hall–Kier alpha value is -2.17. The van der Waals surface area contributed by atoms with E-state index in [1.165, 1.54) is 12.1 Å². The molecule has 0 fully saturated rings. The molecular weight excluding hydrogens is 277 g/mol. The molecule has 0 unspecified atom stereocenters. The van der Waals surface area contributed by atoms with Crippen molar-refractivity contribution in [3.8, 4) is 0 Å².